The molecule has 6 nitrogen and oxygen atoms in total. The van der Waals surface area contributed by atoms with Crippen LogP contribution >= 0.6 is 24.0 Å². The number of nitrogens with two attached hydrogens (primary N) is 1. The number of benzene rings is 1. The topological polar surface area (TPSA) is 71.2 Å². The highest BCUT2D eigenvalue weighted by atomic mass is 127. The molecule has 146 valence electrons. The van der Waals surface area contributed by atoms with Gasteiger partial charge in [0.2, 0.25) is 0 Å². The average molecular weight is 474 g/mol. The second-order valence-corrected chi connectivity index (χ2v) is 6.51. The SMILES string of the molecule is CCN(CC)C(N)=NCc1ccc(C(=O)N2CC(C)OC(C)C2)cc1.I. The molecular formula is C19H31IN4O2. The zero-order valence-corrected chi connectivity index (χ0v) is 18.5. The highest BCUT2D eigenvalue weighted by molar-refractivity contribution is 14.0. The van der Waals surface area contributed by atoms with Gasteiger partial charge in [-0.1, -0.05) is 12.1 Å². The largest absolute Gasteiger partial charge is 0.372 e. The molecule has 1 aromatic carbocycles. The van der Waals surface area contributed by atoms with Crippen LogP contribution in [0.1, 0.15) is 43.6 Å². The Hall–Kier alpha value is -1.35. The fourth-order valence-corrected chi connectivity index (χ4v) is 3.10. The number of carbonyl (C=O) groups is 1. The van der Waals surface area contributed by atoms with Gasteiger partial charge in [0.1, 0.15) is 0 Å². The van der Waals surface area contributed by atoms with E-state index in [1.54, 1.807) is 0 Å². The van der Waals surface area contributed by atoms with Gasteiger partial charge < -0.3 is 20.3 Å². The summed E-state index contributed by atoms with van der Waals surface area (Å²) in [6.07, 6.45) is 0.147. The quantitative estimate of drug-likeness (QED) is 0.405. The molecule has 1 aliphatic heterocycles. The van der Waals surface area contributed by atoms with Crippen LogP contribution in [-0.2, 0) is 11.3 Å². The molecule has 0 spiro atoms. The van der Waals surface area contributed by atoms with Crippen LogP contribution in [0, 0.1) is 0 Å². The highest BCUT2D eigenvalue weighted by Gasteiger charge is 2.26. The molecule has 1 amide bonds. The standard InChI is InChI=1S/C19H30N4O2.HI/c1-5-22(6-2)19(20)21-11-16-7-9-17(10-8-16)18(24)23-12-14(3)25-15(4)13-23;/h7-10,14-15H,5-6,11-13H2,1-4H3,(H2,20,21);1H. The van der Waals surface area contributed by atoms with Gasteiger partial charge in [0, 0.05) is 31.7 Å². The number of hydrogen-bond donors (Lipinski definition) is 1. The summed E-state index contributed by atoms with van der Waals surface area (Å²) in [5.41, 5.74) is 7.73. The third-order valence-corrected chi connectivity index (χ3v) is 4.42. The maximum absolute atomic E-state index is 12.7. The van der Waals surface area contributed by atoms with Crippen molar-refractivity contribution in [2.45, 2.75) is 46.4 Å². The van der Waals surface area contributed by atoms with Crippen LogP contribution in [0.3, 0.4) is 0 Å². The number of ether oxygens (including phenoxy) is 1. The molecule has 1 aromatic rings. The molecule has 1 heterocycles. The summed E-state index contributed by atoms with van der Waals surface area (Å²) in [5.74, 6) is 0.612. The van der Waals surface area contributed by atoms with Gasteiger partial charge in [-0.2, -0.15) is 0 Å². The summed E-state index contributed by atoms with van der Waals surface area (Å²) in [6.45, 7) is 11.6. The van der Waals surface area contributed by atoms with Gasteiger partial charge in [-0.25, -0.2) is 4.99 Å². The molecule has 1 saturated heterocycles. The van der Waals surface area contributed by atoms with Crippen molar-refractivity contribution >= 4 is 35.8 Å². The highest BCUT2D eigenvalue weighted by Crippen LogP contribution is 2.15. The predicted molar refractivity (Wildman–Crippen MR) is 116 cm³/mol. The zero-order chi connectivity index (χ0) is 18.4. The Morgan fingerprint density at radius 3 is 2.23 bits per heavy atom. The number of halogens is 1. The van der Waals surface area contributed by atoms with Crippen molar-refractivity contribution < 1.29 is 9.53 Å². The lowest BCUT2D eigenvalue weighted by Crippen LogP contribution is -2.48. The van der Waals surface area contributed by atoms with Crippen LogP contribution in [0.4, 0.5) is 0 Å². The Morgan fingerprint density at radius 1 is 1.19 bits per heavy atom. The molecule has 2 unspecified atom stereocenters. The summed E-state index contributed by atoms with van der Waals surface area (Å²) in [7, 11) is 0. The van der Waals surface area contributed by atoms with Crippen LogP contribution in [0.25, 0.3) is 0 Å². The average Bonchev–Trinajstić information content (AvgIpc) is 2.60. The maximum atomic E-state index is 12.7. The van der Waals surface area contributed by atoms with Crippen LogP contribution in [0.5, 0.6) is 0 Å². The van der Waals surface area contributed by atoms with Gasteiger partial charge in [-0.3, -0.25) is 4.79 Å². The van der Waals surface area contributed by atoms with E-state index in [4.69, 9.17) is 10.5 Å². The number of rotatable bonds is 5. The molecule has 1 aliphatic rings. The summed E-state index contributed by atoms with van der Waals surface area (Å²) < 4.78 is 5.69. The first-order valence-corrected chi connectivity index (χ1v) is 9.03. The van der Waals surface area contributed by atoms with Crippen molar-refractivity contribution in [2.75, 3.05) is 26.2 Å². The molecule has 26 heavy (non-hydrogen) atoms. The van der Waals surface area contributed by atoms with E-state index >= 15 is 0 Å². The molecule has 2 rings (SSSR count). The summed E-state index contributed by atoms with van der Waals surface area (Å²) in [6, 6.07) is 7.62. The third kappa shape index (κ3) is 6.12. The van der Waals surface area contributed by atoms with Gasteiger partial charge >= 0.3 is 0 Å². The van der Waals surface area contributed by atoms with E-state index in [0.717, 1.165) is 18.7 Å². The number of hydrogen-bond acceptors (Lipinski definition) is 3. The molecule has 1 fully saturated rings. The Bertz CT molecular complexity index is 592. The lowest BCUT2D eigenvalue weighted by atomic mass is 10.1. The van der Waals surface area contributed by atoms with E-state index in [0.29, 0.717) is 31.2 Å². The van der Waals surface area contributed by atoms with E-state index in [2.05, 4.69) is 18.8 Å². The first-order chi connectivity index (χ1) is 11.9. The van der Waals surface area contributed by atoms with Crippen LogP contribution in [-0.4, -0.2) is 60.1 Å². The number of guanidine groups is 1. The Labute approximate surface area is 173 Å². The predicted octanol–water partition coefficient (Wildman–Crippen LogP) is 2.71. The fraction of sp³-hybridized carbons (Fsp3) is 0.579. The molecule has 2 N–H and O–H groups in total. The molecule has 2 atom stereocenters. The molecule has 0 aliphatic carbocycles. The number of nitrogens with zero attached hydrogens (tertiary/aromatic N) is 3. The van der Waals surface area contributed by atoms with Gasteiger partial charge in [-0.05, 0) is 45.4 Å². The fourth-order valence-electron chi connectivity index (χ4n) is 3.10. The molecule has 7 heteroatoms. The minimum Gasteiger partial charge on any atom is -0.372 e. The number of amides is 1. The first kappa shape index (κ1) is 22.7. The van der Waals surface area contributed by atoms with Crippen LogP contribution in [0.2, 0.25) is 0 Å². The lowest BCUT2D eigenvalue weighted by Gasteiger charge is -2.35. The van der Waals surface area contributed by atoms with Crippen molar-refractivity contribution in [1.82, 2.24) is 9.80 Å². The van der Waals surface area contributed by atoms with Crippen LogP contribution < -0.4 is 5.73 Å². The van der Waals surface area contributed by atoms with E-state index in [1.165, 1.54) is 0 Å². The third-order valence-electron chi connectivity index (χ3n) is 4.42. The Morgan fingerprint density at radius 2 is 1.73 bits per heavy atom. The van der Waals surface area contributed by atoms with Crippen molar-refractivity contribution in [1.29, 1.82) is 0 Å². The maximum Gasteiger partial charge on any atom is 0.254 e. The number of morpholine rings is 1. The van der Waals surface area contributed by atoms with Gasteiger partial charge in [0.05, 0.1) is 18.8 Å². The Balaban J connectivity index is 0.00000338. The van der Waals surface area contributed by atoms with E-state index in [9.17, 15) is 4.79 Å². The Kier molecular flexibility index (Phi) is 9.35. The molecule has 0 aromatic heterocycles. The normalized spacial score (nSPS) is 20.5. The summed E-state index contributed by atoms with van der Waals surface area (Å²) in [4.78, 5) is 21.0. The van der Waals surface area contributed by atoms with Gasteiger partial charge in [0.15, 0.2) is 5.96 Å². The first-order valence-electron chi connectivity index (χ1n) is 9.03. The van der Waals surface area contributed by atoms with Gasteiger partial charge in [0.25, 0.3) is 5.91 Å². The minimum atomic E-state index is 0. The van der Waals surface area contributed by atoms with Crippen LogP contribution in [0.15, 0.2) is 29.3 Å². The summed E-state index contributed by atoms with van der Waals surface area (Å²) >= 11 is 0. The van der Waals surface area contributed by atoms with Crippen molar-refractivity contribution in [3.05, 3.63) is 35.4 Å². The van der Waals surface area contributed by atoms with E-state index in [-0.39, 0.29) is 42.1 Å². The summed E-state index contributed by atoms with van der Waals surface area (Å²) in [5, 5.41) is 0. The van der Waals surface area contributed by atoms with E-state index in [1.807, 2.05) is 47.9 Å². The lowest BCUT2D eigenvalue weighted by molar-refractivity contribution is -0.0586. The molecular weight excluding hydrogens is 443 g/mol. The zero-order valence-electron chi connectivity index (χ0n) is 16.1. The number of carbonyl (C=O) groups excluding carboxylic acids is 1. The van der Waals surface area contributed by atoms with E-state index < -0.39 is 0 Å². The molecule has 0 saturated carbocycles. The molecule has 0 bridgehead atoms. The minimum absolute atomic E-state index is 0. The number of aliphatic imine (C=N–C) groups is 1. The smallest absolute Gasteiger partial charge is 0.254 e. The second-order valence-electron chi connectivity index (χ2n) is 6.51. The van der Waals surface area contributed by atoms with Crippen molar-refractivity contribution in [3.63, 3.8) is 0 Å². The molecule has 0 radical (unpaired) electrons. The monoisotopic (exact) mass is 474 g/mol. The van der Waals surface area contributed by atoms with Crippen molar-refractivity contribution in [3.8, 4) is 0 Å². The van der Waals surface area contributed by atoms with Crippen molar-refractivity contribution in [2.24, 2.45) is 10.7 Å². The second kappa shape index (κ2) is 10.7. The van der Waals surface area contributed by atoms with Gasteiger partial charge in [-0.15, -0.1) is 24.0 Å².